The third-order valence-corrected chi connectivity index (χ3v) is 7.67. The fraction of sp³-hybridized carbons (Fsp3) is 0.316. The summed E-state index contributed by atoms with van der Waals surface area (Å²) in [5.74, 6) is -0.555. The van der Waals surface area contributed by atoms with E-state index in [1.807, 2.05) is 0 Å². The Balaban J connectivity index is 1.89. The Hall–Kier alpha value is -3.07. The molecule has 0 saturated carbocycles. The van der Waals surface area contributed by atoms with E-state index in [9.17, 15) is 31.7 Å². The number of rotatable bonds is 11. The first kappa shape index (κ1) is 24.6. The molecular formula is C19H21N3O9S2. The molecule has 3 aromatic rings. The van der Waals surface area contributed by atoms with Gasteiger partial charge in [0.05, 0.1) is 16.9 Å². The predicted molar refractivity (Wildman–Crippen MR) is 118 cm³/mol. The van der Waals surface area contributed by atoms with Crippen LogP contribution in [0.5, 0.6) is 0 Å². The molecule has 178 valence electrons. The molecule has 0 radical (unpaired) electrons. The SMILES string of the molecule is O=c1c2occc2ccn1CCN(CCCCS(=O)(=O)O)S(=O)(=O)c1ccccc1[N+](=O)[O-]. The topological polar surface area (TPSA) is 170 Å². The molecule has 1 aromatic carbocycles. The largest absolute Gasteiger partial charge is 0.459 e. The van der Waals surface area contributed by atoms with Gasteiger partial charge >= 0.3 is 0 Å². The van der Waals surface area contributed by atoms with Gasteiger partial charge in [0, 0.05) is 37.3 Å². The Kier molecular flexibility index (Phi) is 7.31. The minimum Gasteiger partial charge on any atom is -0.459 e. The number of furan rings is 1. The lowest BCUT2D eigenvalue weighted by molar-refractivity contribution is -0.387. The van der Waals surface area contributed by atoms with Crippen LogP contribution in [0.2, 0.25) is 0 Å². The van der Waals surface area contributed by atoms with E-state index in [1.54, 1.807) is 12.1 Å². The number of sulfonamides is 1. The quantitative estimate of drug-likeness (QED) is 0.179. The fourth-order valence-electron chi connectivity index (χ4n) is 3.28. The van der Waals surface area contributed by atoms with Crippen molar-refractivity contribution >= 4 is 36.8 Å². The minimum atomic E-state index is -4.37. The molecule has 0 saturated heterocycles. The second-order valence-electron chi connectivity index (χ2n) is 7.14. The lowest BCUT2D eigenvalue weighted by Gasteiger charge is -2.22. The van der Waals surface area contributed by atoms with E-state index >= 15 is 0 Å². The summed E-state index contributed by atoms with van der Waals surface area (Å²) in [5.41, 5.74) is -0.958. The number of hydrogen-bond donors (Lipinski definition) is 1. The Labute approximate surface area is 189 Å². The van der Waals surface area contributed by atoms with Gasteiger partial charge < -0.3 is 8.98 Å². The van der Waals surface area contributed by atoms with Crippen LogP contribution in [0.4, 0.5) is 5.69 Å². The maximum Gasteiger partial charge on any atom is 0.294 e. The zero-order chi connectivity index (χ0) is 24.2. The monoisotopic (exact) mass is 499 g/mol. The van der Waals surface area contributed by atoms with Crippen LogP contribution in [-0.2, 0) is 26.7 Å². The predicted octanol–water partition coefficient (Wildman–Crippen LogP) is 1.86. The van der Waals surface area contributed by atoms with E-state index in [0.717, 1.165) is 16.4 Å². The van der Waals surface area contributed by atoms with Crippen LogP contribution in [0.1, 0.15) is 12.8 Å². The number of unbranched alkanes of at least 4 members (excludes halogenated alkanes) is 1. The van der Waals surface area contributed by atoms with Gasteiger partial charge in [0.15, 0.2) is 10.5 Å². The lowest BCUT2D eigenvalue weighted by Crippen LogP contribution is -2.36. The highest BCUT2D eigenvalue weighted by atomic mass is 32.2. The smallest absolute Gasteiger partial charge is 0.294 e. The zero-order valence-electron chi connectivity index (χ0n) is 17.2. The van der Waals surface area contributed by atoms with Crippen LogP contribution in [-0.4, -0.2) is 54.0 Å². The summed E-state index contributed by atoms with van der Waals surface area (Å²) in [6, 6.07) is 8.12. The number of nitro benzene ring substituents is 1. The Bertz CT molecular complexity index is 1430. The minimum absolute atomic E-state index is 0.0277. The summed E-state index contributed by atoms with van der Waals surface area (Å²) in [6.45, 7) is -0.471. The summed E-state index contributed by atoms with van der Waals surface area (Å²) in [6.07, 6.45) is 2.87. The maximum atomic E-state index is 13.3. The van der Waals surface area contributed by atoms with Gasteiger partial charge in [-0.1, -0.05) is 12.1 Å². The molecule has 0 aliphatic carbocycles. The molecule has 0 aliphatic rings. The fourth-order valence-corrected chi connectivity index (χ4v) is 5.47. The Morgan fingerprint density at radius 3 is 2.48 bits per heavy atom. The first-order valence-corrected chi connectivity index (χ1v) is 12.8. The molecule has 0 fully saturated rings. The van der Waals surface area contributed by atoms with E-state index < -0.39 is 47.0 Å². The molecular weight excluding hydrogens is 478 g/mol. The van der Waals surface area contributed by atoms with Crippen molar-refractivity contribution in [2.24, 2.45) is 0 Å². The summed E-state index contributed by atoms with van der Waals surface area (Å²) >= 11 is 0. The first-order valence-electron chi connectivity index (χ1n) is 9.76. The Morgan fingerprint density at radius 2 is 1.79 bits per heavy atom. The molecule has 0 atom stereocenters. The number of hydrogen-bond acceptors (Lipinski definition) is 8. The van der Waals surface area contributed by atoms with Crippen LogP contribution in [0.25, 0.3) is 11.0 Å². The highest BCUT2D eigenvalue weighted by Gasteiger charge is 2.31. The average Bonchev–Trinajstić information content (AvgIpc) is 3.23. The number of aromatic nitrogens is 1. The number of pyridine rings is 1. The standard InChI is InChI=1S/C19H21N3O9S2/c23-19-18-15(8-13-31-18)7-10-20(19)11-12-21(9-3-4-14-32(26,27)28)33(29,30)17-6-2-1-5-16(17)22(24)25/h1-2,5-8,10,13H,3-4,9,11-12,14H2,(H,26,27,28). The van der Waals surface area contributed by atoms with E-state index in [1.165, 1.54) is 29.2 Å². The summed E-state index contributed by atoms with van der Waals surface area (Å²) < 4.78 is 64.7. The first-order chi connectivity index (χ1) is 15.5. The third kappa shape index (κ3) is 5.84. The molecule has 0 amide bonds. The number of fused-ring (bicyclic) bond motifs is 1. The van der Waals surface area contributed by atoms with E-state index in [0.29, 0.717) is 5.39 Å². The van der Waals surface area contributed by atoms with Crippen LogP contribution in [0, 0.1) is 10.1 Å². The molecule has 3 rings (SSSR count). The molecule has 33 heavy (non-hydrogen) atoms. The normalized spacial score (nSPS) is 12.4. The van der Waals surface area contributed by atoms with E-state index in [-0.39, 0.29) is 38.1 Å². The highest BCUT2D eigenvalue weighted by Crippen LogP contribution is 2.26. The van der Waals surface area contributed by atoms with Crippen molar-refractivity contribution < 1.29 is 30.7 Å². The molecule has 14 heteroatoms. The second kappa shape index (κ2) is 9.82. The molecule has 0 bridgehead atoms. The van der Waals surface area contributed by atoms with Gasteiger partial charge in [-0.05, 0) is 31.0 Å². The number of nitro groups is 1. The van der Waals surface area contributed by atoms with Crippen molar-refractivity contribution in [3.8, 4) is 0 Å². The molecule has 0 spiro atoms. The van der Waals surface area contributed by atoms with Crippen molar-refractivity contribution in [1.29, 1.82) is 0 Å². The average molecular weight is 500 g/mol. The number of nitrogens with zero attached hydrogens (tertiary/aromatic N) is 3. The van der Waals surface area contributed by atoms with Crippen LogP contribution in [0.3, 0.4) is 0 Å². The van der Waals surface area contributed by atoms with Crippen molar-refractivity contribution in [3.63, 3.8) is 0 Å². The van der Waals surface area contributed by atoms with Crippen molar-refractivity contribution in [1.82, 2.24) is 8.87 Å². The van der Waals surface area contributed by atoms with Gasteiger partial charge in [-0.2, -0.15) is 12.7 Å². The number of para-hydroxylation sites is 1. The maximum absolute atomic E-state index is 13.3. The van der Waals surface area contributed by atoms with Crippen molar-refractivity contribution in [2.75, 3.05) is 18.8 Å². The summed E-state index contributed by atoms with van der Waals surface area (Å²) in [4.78, 5) is 22.6. The Morgan fingerprint density at radius 1 is 1.06 bits per heavy atom. The van der Waals surface area contributed by atoms with E-state index in [4.69, 9.17) is 8.97 Å². The van der Waals surface area contributed by atoms with E-state index in [2.05, 4.69) is 0 Å². The molecule has 2 heterocycles. The van der Waals surface area contributed by atoms with Crippen LogP contribution >= 0.6 is 0 Å². The van der Waals surface area contributed by atoms with Gasteiger partial charge in [0.2, 0.25) is 10.0 Å². The van der Waals surface area contributed by atoms with Gasteiger partial charge in [-0.3, -0.25) is 19.5 Å². The molecule has 1 N–H and O–H groups in total. The van der Waals surface area contributed by atoms with Gasteiger partial charge in [-0.15, -0.1) is 0 Å². The summed E-state index contributed by atoms with van der Waals surface area (Å²) in [5, 5.41) is 11.9. The molecule has 0 unspecified atom stereocenters. The summed E-state index contributed by atoms with van der Waals surface area (Å²) in [7, 11) is -8.58. The molecule has 0 aliphatic heterocycles. The van der Waals surface area contributed by atoms with Gasteiger partial charge in [0.1, 0.15) is 0 Å². The van der Waals surface area contributed by atoms with Crippen molar-refractivity contribution in [3.05, 3.63) is 69.3 Å². The highest BCUT2D eigenvalue weighted by molar-refractivity contribution is 7.89. The molecule has 2 aromatic heterocycles. The van der Waals surface area contributed by atoms with Gasteiger partial charge in [0.25, 0.3) is 21.4 Å². The van der Waals surface area contributed by atoms with Crippen molar-refractivity contribution in [2.45, 2.75) is 24.3 Å². The third-order valence-electron chi connectivity index (χ3n) is 4.91. The molecule has 12 nitrogen and oxygen atoms in total. The van der Waals surface area contributed by atoms with Crippen LogP contribution < -0.4 is 5.56 Å². The van der Waals surface area contributed by atoms with Crippen LogP contribution in [0.15, 0.2) is 63.0 Å². The lowest BCUT2D eigenvalue weighted by atomic mass is 10.3. The number of benzene rings is 1. The van der Waals surface area contributed by atoms with Gasteiger partial charge in [-0.25, -0.2) is 8.42 Å². The zero-order valence-corrected chi connectivity index (χ0v) is 18.9. The second-order valence-corrected chi connectivity index (χ2v) is 10.6.